The van der Waals surface area contributed by atoms with Gasteiger partial charge in [0.05, 0.1) is 5.69 Å². The van der Waals surface area contributed by atoms with Crippen LogP contribution in [0, 0.1) is 0 Å². The summed E-state index contributed by atoms with van der Waals surface area (Å²) in [5.74, 6) is -0.116. The Kier molecular flexibility index (Phi) is 4.42. The minimum absolute atomic E-state index is 0.116. The first-order chi connectivity index (χ1) is 9.76. The smallest absolute Gasteiger partial charge is 0.326 e. The molecule has 5 heteroatoms. The standard InChI is InChI=1S/C16H27N3O2/c1-6-19-13(8-10-17-19)12-18-11-7-9-16(18,5)14(20)21-15(2,3)4/h8,10H,6-7,9,11-12H2,1-5H3. The predicted octanol–water partition coefficient (Wildman–Crippen LogP) is 2.60. The van der Waals surface area contributed by atoms with Crippen LogP contribution in [0.25, 0.3) is 0 Å². The third-order valence-electron chi connectivity index (χ3n) is 4.09. The quantitative estimate of drug-likeness (QED) is 0.801. The molecule has 1 saturated heterocycles. The van der Waals surface area contributed by atoms with Crippen LogP contribution >= 0.6 is 0 Å². The van der Waals surface area contributed by atoms with Gasteiger partial charge in [0.1, 0.15) is 11.1 Å². The molecule has 1 fully saturated rings. The summed E-state index contributed by atoms with van der Waals surface area (Å²) in [7, 11) is 0. The van der Waals surface area contributed by atoms with Crippen molar-refractivity contribution in [1.29, 1.82) is 0 Å². The van der Waals surface area contributed by atoms with Crippen LogP contribution in [0.4, 0.5) is 0 Å². The van der Waals surface area contributed by atoms with Crippen LogP contribution in [-0.4, -0.2) is 38.3 Å². The number of aryl methyl sites for hydroxylation is 1. The summed E-state index contributed by atoms with van der Waals surface area (Å²) < 4.78 is 7.61. The monoisotopic (exact) mass is 293 g/mol. The number of likely N-dealkylation sites (tertiary alicyclic amines) is 1. The van der Waals surface area contributed by atoms with Crippen LogP contribution in [-0.2, 0) is 22.6 Å². The molecule has 1 atom stereocenters. The molecule has 1 aliphatic rings. The van der Waals surface area contributed by atoms with Crippen molar-refractivity contribution in [3.05, 3.63) is 18.0 Å². The number of carbonyl (C=O) groups excluding carboxylic acids is 1. The lowest BCUT2D eigenvalue weighted by Crippen LogP contribution is -2.50. The molecule has 1 unspecified atom stereocenters. The Labute approximate surface area is 127 Å². The van der Waals surface area contributed by atoms with Crippen LogP contribution < -0.4 is 0 Å². The second kappa shape index (κ2) is 5.79. The maximum atomic E-state index is 12.6. The fraction of sp³-hybridized carbons (Fsp3) is 0.750. The molecule has 0 spiro atoms. The number of aromatic nitrogens is 2. The first-order valence-electron chi connectivity index (χ1n) is 7.75. The zero-order valence-corrected chi connectivity index (χ0v) is 13.8. The largest absolute Gasteiger partial charge is 0.459 e. The molecule has 5 nitrogen and oxygen atoms in total. The summed E-state index contributed by atoms with van der Waals surface area (Å²) in [6.45, 7) is 12.3. The van der Waals surface area contributed by atoms with Gasteiger partial charge < -0.3 is 4.74 Å². The molecule has 0 saturated carbocycles. The molecule has 2 rings (SSSR count). The highest BCUT2D eigenvalue weighted by molar-refractivity contribution is 5.81. The van der Waals surface area contributed by atoms with Gasteiger partial charge in [-0.25, -0.2) is 0 Å². The van der Waals surface area contributed by atoms with Crippen molar-refractivity contribution in [1.82, 2.24) is 14.7 Å². The molecule has 0 radical (unpaired) electrons. The van der Waals surface area contributed by atoms with E-state index in [0.717, 1.165) is 38.2 Å². The van der Waals surface area contributed by atoms with Crippen molar-refractivity contribution in [3.63, 3.8) is 0 Å². The molecule has 0 N–H and O–H groups in total. The molecule has 2 heterocycles. The van der Waals surface area contributed by atoms with E-state index in [1.165, 1.54) is 0 Å². The van der Waals surface area contributed by atoms with Gasteiger partial charge in [0, 0.05) is 19.3 Å². The van der Waals surface area contributed by atoms with E-state index < -0.39 is 11.1 Å². The van der Waals surface area contributed by atoms with Crippen molar-refractivity contribution in [2.24, 2.45) is 0 Å². The van der Waals surface area contributed by atoms with Crippen molar-refractivity contribution < 1.29 is 9.53 Å². The number of carbonyl (C=O) groups is 1. The zero-order chi connectivity index (χ0) is 15.7. The van der Waals surface area contributed by atoms with Gasteiger partial charge >= 0.3 is 5.97 Å². The van der Waals surface area contributed by atoms with Crippen LogP contribution in [0.3, 0.4) is 0 Å². The van der Waals surface area contributed by atoms with E-state index in [-0.39, 0.29) is 5.97 Å². The molecule has 0 amide bonds. The maximum Gasteiger partial charge on any atom is 0.326 e. The second-order valence-electron chi connectivity index (χ2n) is 6.94. The van der Waals surface area contributed by atoms with E-state index in [1.807, 2.05) is 44.6 Å². The lowest BCUT2D eigenvalue weighted by atomic mass is 9.98. The van der Waals surface area contributed by atoms with Crippen LogP contribution in [0.2, 0.25) is 0 Å². The number of esters is 1. The average molecular weight is 293 g/mol. The van der Waals surface area contributed by atoms with Crippen molar-refractivity contribution in [3.8, 4) is 0 Å². The van der Waals surface area contributed by atoms with Gasteiger partial charge in [-0.2, -0.15) is 5.10 Å². The van der Waals surface area contributed by atoms with Crippen LogP contribution in [0.15, 0.2) is 12.3 Å². The topological polar surface area (TPSA) is 47.4 Å². The molecule has 1 aliphatic heterocycles. The van der Waals surface area contributed by atoms with Gasteiger partial charge in [-0.3, -0.25) is 14.4 Å². The summed E-state index contributed by atoms with van der Waals surface area (Å²) in [6, 6.07) is 2.03. The highest BCUT2D eigenvalue weighted by atomic mass is 16.6. The Morgan fingerprint density at radius 3 is 2.81 bits per heavy atom. The SMILES string of the molecule is CCn1nccc1CN1CCCC1(C)C(=O)OC(C)(C)C. The van der Waals surface area contributed by atoms with Gasteiger partial charge in [-0.05, 0) is 60.1 Å². The summed E-state index contributed by atoms with van der Waals surface area (Å²) in [4.78, 5) is 14.8. The summed E-state index contributed by atoms with van der Waals surface area (Å²) in [5.41, 5.74) is 0.171. The Morgan fingerprint density at radius 2 is 2.19 bits per heavy atom. The highest BCUT2D eigenvalue weighted by Gasteiger charge is 2.45. The van der Waals surface area contributed by atoms with Gasteiger partial charge in [-0.1, -0.05) is 0 Å². The number of nitrogens with zero attached hydrogens (tertiary/aromatic N) is 3. The molecular formula is C16H27N3O2. The lowest BCUT2D eigenvalue weighted by molar-refractivity contribution is -0.167. The van der Waals surface area contributed by atoms with Crippen LogP contribution in [0.5, 0.6) is 0 Å². The van der Waals surface area contributed by atoms with Gasteiger partial charge in [-0.15, -0.1) is 0 Å². The summed E-state index contributed by atoms with van der Waals surface area (Å²) in [6.07, 6.45) is 3.69. The first kappa shape index (κ1) is 16.0. The van der Waals surface area contributed by atoms with Gasteiger partial charge in [0.25, 0.3) is 0 Å². The van der Waals surface area contributed by atoms with Gasteiger partial charge in [0.2, 0.25) is 0 Å². The third kappa shape index (κ3) is 3.46. The Balaban J connectivity index is 2.14. The van der Waals surface area contributed by atoms with E-state index in [4.69, 9.17) is 4.74 Å². The van der Waals surface area contributed by atoms with E-state index >= 15 is 0 Å². The zero-order valence-electron chi connectivity index (χ0n) is 13.8. The molecule has 0 aromatic carbocycles. The minimum atomic E-state index is -0.532. The van der Waals surface area contributed by atoms with E-state index in [9.17, 15) is 4.79 Å². The van der Waals surface area contributed by atoms with Gasteiger partial charge in [0.15, 0.2) is 0 Å². The molecule has 0 bridgehead atoms. The maximum absolute atomic E-state index is 12.6. The van der Waals surface area contributed by atoms with E-state index in [0.29, 0.717) is 0 Å². The number of rotatable bonds is 4. The number of hydrogen-bond donors (Lipinski definition) is 0. The molecule has 118 valence electrons. The molecule has 1 aromatic heterocycles. The molecule has 21 heavy (non-hydrogen) atoms. The van der Waals surface area contributed by atoms with Crippen molar-refractivity contribution >= 4 is 5.97 Å². The van der Waals surface area contributed by atoms with E-state index in [2.05, 4.69) is 16.9 Å². The fourth-order valence-electron chi connectivity index (χ4n) is 2.87. The first-order valence-corrected chi connectivity index (χ1v) is 7.75. The molecule has 0 aliphatic carbocycles. The highest BCUT2D eigenvalue weighted by Crippen LogP contribution is 2.33. The fourth-order valence-corrected chi connectivity index (χ4v) is 2.87. The average Bonchev–Trinajstić information content (AvgIpc) is 2.96. The molecular weight excluding hydrogens is 266 g/mol. The molecule has 1 aromatic rings. The summed E-state index contributed by atoms with van der Waals surface area (Å²) >= 11 is 0. The lowest BCUT2D eigenvalue weighted by Gasteiger charge is -2.35. The third-order valence-corrected chi connectivity index (χ3v) is 4.09. The number of ether oxygens (including phenoxy) is 1. The Morgan fingerprint density at radius 1 is 1.48 bits per heavy atom. The minimum Gasteiger partial charge on any atom is -0.459 e. The van der Waals surface area contributed by atoms with Crippen molar-refractivity contribution in [2.75, 3.05) is 6.54 Å². The Bertz CT molecular complexity index is 504. The Hall–Kier alpha value is -1.36. The number of hydrogen-bond acceptors (Lipinski definition) is 4. The normalized spacial score (nSPS) is 23.5. The second-order valence-corrected chi connectivity index (χ2v) is 6.94. The summed E-state index contributed by atoms with van der Waals surface area (Å²) in [5, 5.41) is 4.30. The van der Waals surface area contributed by atoms with Crippen LogP contribution in [0.1, 0.15) is 53.2 Å². The van der Waals surface area contributed by atoms with Crippen molar-refractivity contribution in [2.45, 2.75) is 71.7 Å². The van der Waals surface area contributed by atoms with E-state index in [1.54, 1.807) is 0 Å². The predicted molar refractivity (Wildman–Crippen MR) is 81.8 cm³/mol.